The standard InChI is InChI=1S/C11H11BrFNO2/c1-7(15)5-6-10(16)14-11-8(12)3-2-4-9(11)13/h2-4H,5-6H2,1H3,(H,14,16). The average Bonchev–Trinajstić information content (AvgIpc) is 2.21. The fourth-order valence-corrected chi connectivity index (χ4v) is 1.55. The highest BCUT2D eigenvalue weighted by Crippen LogP contribution is 2.25. The molecule has 0 atom stereocenters. The molecule has 1 aromatic carbocycles. The van der Waals surface area contributed by atoms with Crippen molar-refractivity contribution in [1.29, 1.82) is 0 Å². The predicted octanol–water partition coefficient (Wildman–Crippen LogP) is 2.90. The Kier molecular flexibility index (Phi) is 4.61. The molecule has 86 valence electrons. The summed E-state index contributed by atoms with van der Waals surface area (Å²) in [4.78, 5) is 22.0. The van der Waals surface area contributed by atoms with Crippen molar-refractivity contribution in [3.05, 3.63) is 28.5 Å². The van der Waals surface area contributed by atoms with E-state index in [9.17, 15) is 14.0 Å². The Morgan fingerprint density at radius 2 is 2.06 bits per heavy atom. The topological polar surface area (TPSA) is 46.2 Å². The second-order valence-electron chi connectivity index (χ2n) is 3.35. The van der Waals surface area contributed by atoms with Gasteiger partial charge in [-0.15, -0.1) is 0 Å². The van der Waals surface area contributed by atoms with Crippen LogP contribution in [0.25, 0.3) is 0 Å². The zero-order valence-corrected chi connectivity index (χ0v) is 10.3. The summed E-state index contributed by atoms with van der Waals surface area (Å²) in [5.74, 6) is -0.950. The van der Waals surface area contributed by atoms with Crippen LogP contribution in [-0.4, -0.2) is 11.7 Å². The monoisotopic (exact) mass is 287 g/mol. The molecule has 0 spiro atoms. The molecule has 0 unspecified atom stereocenters. The van der Waals surface area contributed by atoms with Crippen molar-refractivity contribution in [3.63, 3.8) is 0 Å². The zero-order valence-electron chi connectivity index (χ0n) is 8.72. The second kappa shape index (κ2) is 5.75. The predicted molar refractivity (Wildman–Crippen MR) is 62.6 cm³/mol. The van der Waals surface area contributed by atoms with E-state index in [0.717, 1.165) is 0 Å². The molecule has 0 radical (unpaired) electrons. The van der Waals surface area contributed by atoms with Crippen molar-refractivity contribution in [1.82, 2.24) is 0 Å². The van der Waals surface area contributed by atoms with Crippen molar-refractivity contribution >= 4 is 33.3 Å². The van der Waals surface area contributed by atoms with Gasteiger partial charge in [-0.05, 0) is 35.0 Å². The number of rotatable bonds is 4. The first-order valence-electron chi connectivity index (χ1n) is 4.74. The van der Waals surface area contributed by atoms with Gasteiger partial charge in [0.1, 0.15) is 11.6 Å². The van der Waals surface area contributed by atoms with Crippen molar-refractivity contribution < 1.29 is 14.0 Å². The Labute approximate surface area is 101 Å². The molecule has 0 bridgehead atoms. The van der Waals surface area contributed by atoms with Crippen LogP contribution in [0.2, 0.25) is 0 Å². The lowest BCUT2D eigenvalue weighted by molar-refractivity contribution is -0.121. The van der Waals surface area contributed by atoms with Crippen LogP contribution >= 0.6 is 15.9 Å². The van der Waals surface area contributed by atoms with E-state index in [4.69, 9.17) is 0 Å². The quantitative estimate of drug-likeness (QED) is 0.926. The molecule has 0 saturated heterocycles. The number of anilines is 1. The van der Waals surface area contributed by atoms with E-state index in [1.807, 2.05) is 0 Å². The van der Waals surface area contributed by atoms with Crippen LogP contribution in [0.15, 0.2) is 22.7 Å². The summed E-state index contributed by atoms with van der Waals surface area (Å²) < 4.78 is 13.8. The average molecular weight is 288 g/mol. The number of hydrogen-bond donors (Lipinski definition) is 1. The van der Waals surface area contributed by atoms with Crippen molar-refractivity contribution in [2.45, 2.75) is 19.8 Å². The Morgan fingerprint density at radius 1 is 1.38 bits per heavy atom. The van der Waals surface area contributed by atoms with E-state index in [0.29, 0.717) is 4.47 Å². The molecule has 3 nitrogen and oxygen atoms in total. The van der Waals surface area contributed by atoms with Gasteiger partial charge in [-0.3, -0.25) is 4.79 Å². The minimum Gasteiger partial charge on any atom is -0.323 e. The number of Topliss-reactive ketones (excluding diaryl/α,β-unsaturated/α-hetero) is 1. The molecule has 0 fully saturated rings. The SMILES string of the molecule is CC(=O)CCC(=O)Nc1c(F)cccc1Br. The van der Waals surface area contributed by atoms with E-state index < -0.39 is 5.82 Å². The molecule has 0 aliphatic heterocycles. The number of halogens is 2. The number of para-hydroxylation sites is 1. The summed E-state index contributed by atoms with van der Waals surface area (Å²) in [6, 6.07) is 4.42. The summed E-state index contributed by atoms with van der Waals surface area (Å²) in [7, 11) is 0. The van der Waals surface area contributed by atoms with Gasteiger partial charge in [0.05, 0.1) is 5.69 Å². The van der Waals surface area contributed by atoms with E-state index in [-0.39, 0.29) is 30.2 Å². The summed E-state index contributed by atoms with van der Waals surface area (Å²) in [5, 5.41) is 2.42. The molecule has 0 aliphatic carbocycles. The lowest BCUT2D eigenvalue weighted by Gasteiger charge is -2.07. The smallest absolute Gasteiger partial charge is 0.224 e. The minimum atomic E-state index is -0.509. The van der Waals surface area contributed by atoms with Crippen LogP contribution in [-0.2, 0) is 9.59 Å². The second-order valence-corrected chi connectivity index (χ2v) is 4.20. The van der Waals surface area contributed by atoms with Gasteiger partial charge < -0.3 is 10.1 Å². The fourth-order valence-electron chi connectivity index (χ4n) is 1.11. The third kappa shape index (κ3) is 3.73. The maximum absolute atomic E-state index is 13.3. The van der Waals surface area contributed by atoms with Gasteiger partial charge in [-0.25, -0.2) is 4.39 Å². The number of carbonyl (C=O) groups excluding carboxylic acids is 2. The van der Waals surface area contributed by atoms with Crippen LogP contribution in [0, 0.1) is 5.82 Å². The van der Waals surface area contributed by atoms with Crippen LogP contribution in [0.1, 0.15) is 19.8 Å². The van der Waals surface area contributed by atoms with Gasteiger partial charge >= 0.3 is 0 Å². The number of ketones is 1. The molecular formula is C11H11BrFNO2. The maximum atomic E-state index is 13.3. The normalized spacial score (nSPS) is 9.94. The first kappa shape index (κ1) is 12.8. The van der Waals surface area contributed by atoms with Crippen molar-refractivity contribution in [3.8, 4) is 0 Å². The van der Waals surface area contributed by atoms with Gasteiger partial charge in [-0.1, -0.05) is 6.07 Å². The molecule has 0 aliphatic rings. The van der Waals surface area contributed by atoms with E-state index in [1.54, 1.807) is 6.07 Å². The fraction of sp³-hybridized carbons (Fsp3) is 0.273. The van der Waals surface area contributed by atoms with Gasteiger partial charge in [0, 0.05) is 17.3 Å². The minimum absolute atomic E-state index is 0.0656. The number of carbonyl (C=O) groups is 2. The summed E-state index contributed by atoms with van der Waals surface area (Å²) in [5.41, 5.74) is 0.107. The summed E-state index contributed by atoms with van der Waals surface area (Å²) >= 11 is 3.13. The Bertz CT molecular complexity index is 400. The molecule has 0 saturated carbocycles. The Hall–Kier alpha value is -1.23. The first-order chi connectivity index (χ1) is 7.50. The Morgan fingerprint density at radius 3 is 2.62 bits per heavy atom. The third-order valence-corrected chi connectivity index (χ3v) is 2.59. The maximum Gasteiger partial charge on any atom is 0.224 e. The molecule has 1 aromatic rings. The van der Waals surface area contributed by atoms with Crippen molar-refractivity contribution in [2.75, 3.05) is 5.32 Å². The zero-order chi connectivity index (χ0) is 12.1. The van der Waals surface area contributed by atoms with Gasteiger partial charge in [0.2, 0.25) is 5.91 Å². The first-order valence-corrected chi connectivity index (χ1v) is 5.53. The largest absolute Gasteiger partial charge is 0.323 e. The van der Waals surface area contributed by atoms with Crippen LogP contribution in [0.5, 0.6) is 0 Å². The van der Waals surface area contributed by atoms with E-state index >= 15 is 0 Å². The number of amides is 1. The van der Waals surface area contributed by atoms with Gasteiger partial charge in [0.25, 0.3) is 0 Å². The lowest BCUT2D eigenvalue weighted by Crippen LogP contribution is -2.14. The van der Waals surface area contributed by atoms with E-state index in [2.05, 4.69) is 21.2 Å². The molecule has 1 N–H and O–H groups in total. The summed E-state index contributed by atoms with van der Waals surface area (Å²) in [6.45, 7) is 1.41. The van der Waals surface area contributed by atoms with Gasteiger partial charge in [-0.2, -0.15) is 0 Å². The summed E-state index contributed by atoms with van der Waals surface area (Å²) in [6.07, 6.45) is 0.230. The number of hydrogen-bond acceptors (Lipinski definition) is 2. The highest BCUT2D eigenvalue weighted by atomic mass is 79.9. The number of benzene rings is 1. The van der Waals surface area contributed by atoms with Crippen LogP contribution in [0.3, 0.4) is 0 Å². The Balaban J connectivity index is 2.66. The van der Waals surface area contributed by atoms with Crippen LogP contribution in [0.4, 0.5) is 10.1 Å². The third-order valence-electron chi connectivity index (χ3n) is 1.93. The molecule has 1 rings (SSSR count). The highest BCUT2D eigenvalue weighted by molar-refractivity contribution is 9.10. The molecular weight excluding hydrogens is 277 g/mol. The highest BCUT2D eigenvalue weighted by Gasteiger charge is 2.10. The molecule has 1 amide bonds. The molecule has 0 heterocycles. The molecule has 5 heteroatoms. The van der Waals surface area contributed by atoms with Crippen LogP contribution < -0.4 is 5.32 Å². The molecule has 16 heavy (non-hydrogen) atoms. The number of nitrogens with one attached hydrogen (secondary N) is 1. The van der Waals surface area contributed by atoms with Crippen molar-refractivity contribution in [2.24, 2.45) is 0 Å². The van der Waals surface area contributed by atoms with Gasteiger partial charge in [0.15, 0.2) is 0 Å². The molecule has 0 aromatic heterocycles. The van der Waals surface area contributed by atoms with E-state index in [1.165, 1.54) is 19.1 Å². The lowest BCUT2D eigenvalue weighted by atomic mass is 10.2.